The van der Waals surface area contributed by atoms with E-state index in [1.54, 1.807) is 17.0 Å². The molecule has 2 amide bonds. The number of anilines is 1. The molecule has 1 aliphatic rings. The molecule has 1 saturated heterocycles. The van der Waals surface area contributed by atoms with Crippen molar-refractivity contribution < 1.29 is 14.4 Å². The van der Waals surface area contributed by atoms with Crippen LogP contribution >= 0.6 is 0 Å². The molecule has 0 bridgehead atoms. The van der Waals surface area contributed by atoms with Gasteiger partial charge in [0.05, 0.1) is 6.54 Å². The summed E-state index contributed by atoms with van der Waals surface area (Å²) in [5, 5.41) is 14.1. The highest BCUT2D eigenvalue weighted by molar-refractivity contribution is 5.89. The number of halogens is 1. The number of hydrogen-bond acceptors (Lipinski definition) is 4. The Bertz CT molecular complexity index is 529. The Morgan fingerprint density at radius 3 is 2.71 bits per heavy atom. The summed E-state index contributed by atoms with van der Waals surface area (Å²) in [6.07, 6.45) is 0. The second-order valence-corrected chi connectivity index (χ2v) is 4.80. The lowest BCUT2D eigenvalue weighted by atomic mass is 10.3. The van der Waals surface area contributed by atoms with Crippen molar-refractivity contribution in [1.82, 2.24) is 9.80 Å². The molecule has 0 aliphatic carbocycles. The monoisotopic (exact) mass is 295 g/mol. The molecule has 0 spiro atoms. The zero-order chi connectivity index (χ0) is 15.2. The van der Waals surface area contributed by atoms with Crippen molar-refractivity contribution in [3.63, 3.8) is 0 Å². The lowest BCUT2D eigenvalue weighted by Crippen LogP contribution is -2.51. The summed E-state index contributed by atoms with van der Waals surface area (Å²) >= 11 is 0. The number of nitrogens with two attached hydrogens (primary N) is 1. The summed E-state index contributed by atoms with van der Waals surface area (Å²) < 4.78 is 13.1. The van der Waals surface area contributed by atoms with Crippen molar-refractivity contribution in [2.24, 2.45) is 10.9 Å². The van der Waals surface area contributed by atoms with Crippen LogP contribution in [-0.2, 0) is 0 Å². The van der Waals surface area contributed by atoms with Gasteiger partial charge in [-0.15, -0.1) is 0 Å². The van der Waals surface area contributed by atoms with E-state index in [-0.39, 0.29) is 11.9 Å². The average molecular weight is 295 g/mol. The lowest BCUT2D eigenvalue weighted by molar-refractivity contribution is 0.157. The summed E-state index contributed by atoms with van der Waals surface area (Å²) in [6.45, 7) is 2.69. The van der Waals surface area contributed by atoms with Gasteiger partial charge in [0, 0.05) is 31.9 Å². The van der Waals surface area contributed by atoms with Gasteiger partial charge in [0.2, 0.25) is 0 Å². The third-order valence-corrected chi connectivity index (χ3v) is 3.25. The van der Waals surface area contributed by atoms with E-state index in [2.05, 4.69) is 10.5 Å². The fourth-order valence-corrected chi connectivity index (χ4v) is 2.14. The molecule has 7 nitrogen and oxygen atoms in total. The van der Waals surface area contributed by atoms with Gasteiger partial charge in [-0.05, 0) is 18.2 Å². The van der Waals surface area contributed by atoms with Gasteiger partial charge in [-0.3, -0.25) is 4.90 Å². The van der Waals surface area contributed by atoms with Crippen molar-refractivity contribution in [1.29, 1.82) is 0 Å². The predicted molar refractivity (Wildman–Crippen MR) is 76.8 cm³/mol. The van der Waals surface area contributed by atoms with Gasteiger partial charge >= 0.3 is 6.03 Å². The van der Waals surface area contributed by atoms with E-state index < -0.39 is 5.82 Å². The van der Waals surface area contributed by atoms with Crippen LogP contribution in [0.15, 0.2) is 29.4 Å². The molecule has 1 heterocycles. The van der Waals surface area contributed by atoms with E-state index >= 15 is 0 Å². The molecule has 1 fully saturated rings. The van der Waals surface area contributed by atoms with Crippen LogP contribution in [0.2, 0.25) is 0 Å². The van der Waals surface area contributed by atoms with Crippen LogP contribution < -0.4 is 11.1 Å². The molecule has 8 heteroatoms. The molecule has 2 rings (SSSR count). The lowest BCUT2D eigenvalue weighted by Gasteiger charge is -2.34. The summed E-state index contributed by atoms with van der Waals surface area (Å²) in [6, 6.07) is 5.51. The number of piperazine rings is 1. The highest BCUT2D eigenvalue weighted by atomic mass is 19.1. The molecule has 21 heavy (non-hydrogen) atoms. The highest BCUT2D eigenvalue weighted by Crippen LogP contribution is 2.11. The first-order valence-electron chi connectivity index (χ1n) is 6.59. The molecule has 0 saturated carbocycles. The number of amidine groups is 1. The zero-order valence-corrected chi connectivity index (χ0v) is 11.5. The van der Waals surface area contributed by atoms with Crippen LogP contribution in [0, 0.1) is 5.82 Å². The van der Waals surface area contributed by atoms with E-state index in [0.29, 0.717) is 38.4 Å². The maximum Gasteiger partial charge on any atom is 0.321 e. The average Bonchev–Trinajstić information content (AvgIpc) is 2.47. The number of rotatable bonds is 3. The van der Waals surface area contributed by atoms with Gasteiger partial charge in [-0.25, -0.2) is 9.18 Å². The number of nitrogens with zero attached hydrogens (tertiary/aromatic N) is 3. The Labute approximate surface area is 121 Å². The van der Waals surface area contributed by atoms with Crippen molar-refractivity contribution in [3.05, 3.63) is 30.1 Å². The quantitative estimate of drug-likeness (QED) is 0.331. The number of benzene rings is 1. The number of oxime groups is 1. The molecule has 1 aromatic carbocycles. The van der Waals surface area contributed by atoms with Crippen LogP contribution in [0.1, 0.15) is 0 Å². The molecule has 1 aromatic rings. The summed E-state index contributed by atoms with van der Waals surface area (Å²) in [4.78, 5) is 15.7. The van der Waals surface area contributed by atoms with Gasteiger partial charge in [0.15, 0.2) is 5.84 Å². The fourth-order valence-electron chi connectivity index (χ4n) is 2.14. The number of hydrogen-bond donors (Lipinski definition) is 3. The van der Waals surface area contributed by atoms with E-state index in [9.17, 15) is 9.18 Å². The first kappa shape index (κ1) is 15.0. The molecule has 0 radical (unpaired) electrons. The van der Waals surface area contributed by atoms with Gasteiger partial charge in [0.1, 0.15) is 5.82 Å². The standard InChI is InChI=1S/C13H18FN5O2/c14-10-2-1-3-11(8-10)16-13(20)19-6-4-18(5-7-19)9-12(15)17-21/h1-3,8,21H,4-7,9H2,(H2,15,17)(H,16,20). The SMILES string of the molecule is NC(CN1CCN(C(=O)Nc2cccc(F)c2)CC1)=NO. The van der Waals surface area contributed by atoms with Crippen molar-refractivity contribution in [3.8, 4) is 0 Å². The third kappa shape index (κ3) is 4.32. The Hall–Kier alpha value is -2.35. The van der Waals surface area contributed by atoms with Gasteiger partial charge in [-0.2, -0.15) is 0 Å². The van der Waals surface area contributed by atoms with Gasteiger partial charge < -0.3 is 21.2 Å². The van der Waals surface area contributed by atoms with Crippen molar-refractivity contribution >= 4 is 17.6 Å². The highest BCUT2D eigenvalue weighted by Gasteiger charge is 2.21. The number of nitrogens with one attached hydrogen (secondary N) is 1. The summed E-state index contributed by atoms with van der Waals surface area (Å²) in [5.41, 5.74) is 5.87. The summed E-state index contributed by atoms with van der Waals surface area (Å²) in [7, 11) is 0. The maximum absolute atomic E-state index is 13.1. The number of carbonyl (C=O) groups excluding carboxylic acids is 1. The minimum absolute atomic E-state index is 0.146. The van der Waals surface area contributed by atoms with E-state index in [0.717, 1.165) is 0 Å². The Morgan fingerprint density at radius 1 is 1.38 bits per heavy atom. The second kappa shape index (κ2) is 6.89. The Balaban J connectivity index is 1.83. The molecule has 1 aliphatic heterocycles. The fraction of sp³-hybridized carbons (Fsp3) is 0.385. The predicted octanol–water partition coefficient (Wildman–Crippen LogP) is 0.722. The van der Waals surface area contributed by atoms with Crippen LogP contribution in [-0.4, -0.2) is 59.6 Å². The van der Waals surface area contributed by atoms with E-state index in [4.69, 9.17) is 10.9 Å². The van der Waals surface area contributed by atoms with E-state index in [1.165, 1.54) is 12.1 Å². The first-order chi connectivity index (χ1) is 10.1. The number of carbonyl (C=O) groups is 1. The van der Waals surface area contributed by atoms with Crippen molar-refractivity contribution in [2.75, 3.05) is 38.0 Å². The second-order valence-electron chi connectivity index (χ2n) is 4.80. The molecule has 0 atom stereocenters. The molecule has 114 valence electrons. The zero-order valence-electron chi connectivity index (χ0n) is 11.5. The minimum Gasteiger partial charge on any atom is -0.409 e. The van der Waals surface area contributed by atoms with Crippen LogP contribution in [0.25, 0.3) is 0 Å². The van der Waals surface area contributed by atoms with Crippen molar-refractivity contribution in [2.45, 2.75) is 0 Å². The molecule has 0 aromatic heterocycles. The molecular weight excluding hydrogens is 277 g/mol. The van der Waals surface area contributed by atoms with Crippen LogP contribution in [0.3, 0.4) is 0 Å². The normalized spacial score (nSPS) is 16.8. The molecule has 4 N–H and O–H groups in total. The smallest absolute Gasteiger partial charge is 0.321 e. The molecular formula is C13H18FN5O2. The molecule has 0 unspecified atom stereocenters. The van der Waals surface area contributed by atoms with Gasteiger partial charge in [0.25, 0.3) is 0 Å². The van der Waals surface area contributed by atoms with Gasteiger partial charge in [-0.1, -0.05) is 11.2 Å². The number of amides is 2. The van der Waals surface area contributed by atoms with Crippen LogP contribution in [0.4, 0.5) is 14.9 Å². The third-order valence-electron chi connectivity index (χ3n) is 3.25. The Morgan fingerprint density at radius 2 is 2.10 bits per heavy atom. The first-order valence-corrected chi connectivity index (χ1v) is 6.59. The minimum atomic E-state index is -0.392. The number of urea groups is 1. The van der Waals surface area contributed by atoms with E-state index in [1.807, 2.05) is 4.90 Å². The largest absolute Gasteiger partial charge is 0.409 e. The summed E-state index contributed by atoms with van der Waals surface area (Å²) in [5.74, 6) is -0.246. The van der Waals surface area contributed by atoms with Crippen LogP contribution in [0.5, 0.6) is 0 Å². The topological polar surface area (TPSA) is 94.2 Å². The Kier molecular flexibility index (Phi) is 4.94. The maximum atomic E-state index is 13.1.